The van der Waals surface area contributed by atoms with Gasteiger partial charge < -0.3 is 14.4 Å². The summed E-state index contributed by atoms with van der Waals surface area (Å²) in [6, 6.07) is 18.9. The summed E-state index contributed by atoms with van der Waals surface area (Å²) in [6.07, 6.45) is 1.49. The van der Waals surface area contributed by atoms with Crippen molar-refractivity contribution >= 4 is 34.2 Å². The molecular weight excluding hydrogens is 516 g/mol. The van der Waals surface area contributed by atoms with Crippen LogP contribution >= 0.6 is 0 Å². The van der Waals surface area contributed by atoms with E-state index in [1.807, 2.05) is 32.0 Å². The lowest BCUT2D eigenvalue weighted by Gasteiger charge is -2.26. The van der Waals surface area contributed by atoms with E-state index in [0.717, 1.165) is 37.0 Å². The van der Waals surface area contributed by atoms with Crippen LogP contribution in [0.15, 0.2) is 78.6 Å². The van der Waals surface area contributed by atoms with Crippen LogP contribution in [0.3, 0.4) is 0 Å². The van der Waals surface area contributed by atoms with E-state index in [4.69, 9.17) is 9.47 Å². The van der Waals surface area contributed by atoms with E-state index in [1.165, 1.54) is 6.08 Å². The van der Waals surface area contributed by atoms with Gasteiger partial charge in [0.15, 0.2) is 0 Å². The molecule has 0 aliphatic carbocycles. The fourth-order valence-corrected chi connectivity index (χ4v) is 4.32. The number of ether oxygens (including phenoxy) is 2. The molecule has 0 radical (unpaired) electrons. The molecule has 0 fully saturated rings. The van der Waals surface area contributed by atoms with Crippen LogP contribution in [0, 0.1) is 31.6 Å². The smallest absolute Gasteiger partial charge is 0.338 e. The Balaban J connectivity index is 1.84. The number of nitrogens with zero attached hydrogens (tertiary/aromatic N) is 4. The molecular formula is C29H24N4O7. The molecule has 0 spiro atoms. The van der Waals surface area contributed by atoms with Gasteiger partial charge in [0.1, 0.15) is 29.8 Å². The number of hydrogen-bond donors (Lipinski definition) is 0. The Kier molecular flexibility index (Phi) is 8.20. The van der Waals surface area contributed by atoms with E-state index in [9.17, 15) is 30.3 Å². The highest BCUT2D eigenvalue weighted by atomic mass is 16.6. The predicted molar refractivity (Wildman–Crippen MR) is 148 cm³/mol. The third kappa shape index (κ3) is 5.66. The Morgan fingerprint density at radius 1 is 1.00 bits per heavy atom. The van der Waals surface area contributed by atoms with Crippen molar-refractivity contribution in [2.75, 3.05) is 24.6 Å². The third-order valence-electron chi connectivity index (χ3n) is 6.35. The number of hydrogen-bond acceptors (Lipinski definition) is 9. The number of fused-ring (bicyclic) bond motifs is 1. The second-order valence-corrected chi connectivity index (χ2v) is 8.63. The summed E-state index contributed by atoms with van der Waals surface area (Å²) >= 11 is 0. The highest BCUT2D eigenvalue weighted by Crippen LogP contribution is 2.40. The lowest BCUT2D eigenvalue weighted by Crippen LogP contribution is -2.22. The number of non-ortho nitro benzene ring substituents is 1. The first kappa shape index (κ1) is 27.5. The maximum atomic E-state index is 12.6. The fraction of sp³-hybridized carbons (Fsp3) is 0.172. The van der Waals surface area contributed by atoms with Gasteiger partial charge in [-0.2, -0.15) is 5.26 Å². The number of benzene rings is 3. The van der Waals surface area contributed by atoms with Gasteiger partial charge in [0.2, 0.25) is 0 Å². The maximum Gasteiger partial charge on any atom is 0.338 e. The van der Waals surface area contributed by atoms with E-state index < -0.39 is 27.2 Å². The van der Waals surface area contributed by atoms with Gasteiger partial charge >= 0.3 is 5.97 Å². The van der Waals surface area contributed by atoms with Crippen LogP contribution < -0.4 is 9.64 Å². The number of carbonyl (C=O) groups is 1. The zero-order chi connectivity index (χ0) is 28.8. The molecule has 3 aromatic rings. The summed E-state index contributed by atoms with van der Waals surface area (Å²) in [5.74, 6) is -0.203. The zero-order valence-corrected chi connectivity index (χ0v) is 21.7. The lowest BCUT2D eigenvalue weighted by molar-refractivity contribution is -0.394. The van der Waals surface area contributed by atoms with E-state index in [0.29, 0.717) is 22.4 Å². The Morgan fingerprint density at radius 3 is 2.35 bits per heavy atom. The number of anilines is 1. The summed E-state index contributed by atoms with van der Waals surface area (Å²) in [4.78, 5) is 36.2. The first-order valence-electron chi connectivity index (χ1n) is 12.3. The Morgan fingerprint density at radius 2 is 1.73 bits per heavy atom. The number of rotatable bonds is 9. The minimum atomic E-state index is -0.790. The summed E-state index contributed by atoms with van der Waals surface area (Å²) < 4.78 is 11.7. The van der Waals surface area contributed by atoms with Crippen molar-refractivity contribution in [1.82, 2.24) is 0 Å². The molecule has 0 atom stereocenters. The van der Waals surface area contributed by atoms with E-state index in [1.54, 1.807) is 36.4 Å². The van der Waals surface area contributed by atoms with Crippen molar-refractivity contribution < 1.29 is 24.1 Å². The number of nitro groups is 2. The van der Waals surface area contributed by atoms with Gasteiger partial charge in [0.05, 0.1) is 27.0 Å². The molecule has 1 heterocycles. The van der Waals surface area contributed by atoms with Crippen molar-refractivity contribution in [2.45, 2.75) is 13.8 Å². The summed E-state index contributed by atoms with van der Waals surface area (Å²) in [5.41, 5.74) is 0.893. The molecule has 3 aromatic carbocycles. The molecule has 0 saturated heterocycles. The molecule has 0 unspecified atom stereocenters. The van der Waals surface area contributed by atoms with Crippen molar-refractivity contribution in [2.24, 2.45) is 0 Å². The molecule has 4 rings (SSSR count). The number of carbonyl (C=O) groups excluding carboxylic acids is 1. The van der Waals surface area contributed by atoms with E-state index >= 15 is 0 Å². The van der Waals surface area contributed by atoms with E-state index in [2.05, 4.69) is 4.90 Å². The highest BCUT2D eigenvalue weighted by molar-refractivity contribution is 5.92. The largest absolute Gasteiger partial charge is 0.457 e. The zero-order valence-electron chi connectivity index (χ0n) is 21.7. The third-order valence-corrected chi connectivity index (χ3v) is 6.35. The number of nitriles is 1. The van der Waals surface area contributed by atoms with E-state index in [-0.39, 0.29) is 23.5 Å². The Labute approximate surface area is 229 Å². The maximum absolute atomic E-state index is 12.6. The second kappa shape index (κ2) is 11.9. The second-order valence-electron chi connectivity index (χ2n) is 8.63. The first-order chi connectivity index (χ1) is 19.3. The van der Waals surface area contributed by atoms with Crippen LogP contribution in [0.1, 0.15) is 35.3 Å². The van der Waals surface area contributed by atoms with Crippen molar-refractivity contribution in [1.29, 1.82) is 5.26 Å². The summed E-state index contributed by atoms with van der Waals surface area (Å²) in [6.45, 7) is 5.30. The molecule has 1 aliphatic heterocycles. The Hall–Kier alpha value is -5.50. The van der Waals surface area contributed by atoms with Gasteiger partial charge in [-0.15, -0.1) is 0 Å². The van der Waals surface area contributed by atoms with Crippen LogP contribution in [-0.2, 0) is 4.74 Å². The molecule has 11 heteroatoms. The molecule has 11 nitrogen and oxygen atoms in total. The monoisotopic (exact) mass is 540 g/mol. The number of nitro benzene ring substituents is 2. The summed E-state index contributed by atoms with van der Waals surface area (Å²) in [7, 11) is 0. The number of esters is 1. The molecule has 0 bridgehead atoms. The van der Waals surface area contributed by atoms with Crippen molar-refractivity contribution in [3.63, 3.8) is 0 Å². The van der Waals surface area contributed by atoms with Gasteiger partial charge in [-0.25, -0.2) is 4.79 Å². The quantitative estimate of drug-likeness (QED) is 0.140. The molecule has 1 aliphatic rings. The lowest BCUT2D eigenvalue weighted by atomic mass is 9.97. The van der Waals surface area contributed by atoms with Crippen LogP contribution in [0.2, 0.25) is 0 Å². The molecule has 202 valence electrons. The van der Waals surface area contributed by atoms with Gasteiger partial charge in [0.25, 0.3) is 11.4 Å². The SMILES string of the molecule is CCN(CC)c1ccc2c(c1)O/C(=C(\C#N)c1ccc([N+](=O)[O-])cc1[N+](=O)[O-])C=C2COC(=O)c1ccccc1. The standard InChI is InChI=1S/C29H24N4O7/c1-3-31(4-2)21-10-12-23-20(18-39-29(34)19-8-6-5-7-9-19)14-27(40-28(23)16-21)25(17-30)24-13-11-22(32(35)36)15-26(24)33(37)38/h5-16H,3-4,18H2,1-2H3/b27-25+. The minimum Gasteiger partial charge on any atom is -0.457 e. The average molecular weight is 541 g/mol. The van der Waals surface area contributed by atoms with Crippen LogP contribution in [0.25, 0.3) is 11.1 Å². The highest BCUT2D eigenvalue weighted by Gasteiger charge is 2.28. The molecule has 40 heavy (non-hydrogen) atoms. The van der Waals surface area contributed by atoms with Gasteiger partial charge in [-0.3, -0.25) is 20.2 Å². The van der Waals surface area contributed by atoms with Crippen LogP contribution in [-0.4, -0.2) is 35.5 Å². The van der Waals surface area contributed by atoms with Crippen LogP contribution in [0.4, 0.5) is 17.1 Å². The minimum absolute atomic E-state index is 0.0191. The van der Waals surface area contributed by atoms with Crippen molar-refractivity contribution in [3.8, 4) is 11.8 Å². The molecule has 0 amide bonds. The topological polar surface area (TPSA) is 149 Å². The molecule has 0 N–H and O–H groups in total. The molecule has 0 saturated carbocycles. The van der Waals surface area contributed by atoms with Crippen molar-refractivity contribution in [3.05, 3.63) is 115 Å². The first-order valence-corrected chi connectivity index (χ1v) is 12.3. The van der Waals surface area contributed by atoms with Gasteiger partial charge in [0, 0.05) is 42.0 Å². The normalized spacial score (nSPS) is 13.2. The van der Waals surface area contributed by atoms with Gasteiger partial charge in [-0.05, 0) is 50.3 Å². The predicted octanol–water partition coefficient (Wildman–Crippen LogP) is 5.92. The fourth-order valence-electron chi connectivity index (χ4n) is 4.32. The van der Waals surface area contributed by atoms with Crippen LogP contribution in [0.5, 0.6) is 5.75 Å². The molecule has 0 aromatic heterocycles. The Bertz CT molecular complexity index is 1590. The van der Waals surface area contributed by atoms with Gasteiger partial charge in [-0.1, -0.05) is 18.2 Å². The summed E-state index contributed by atoms with van der Waals surface area (Å²) in [5, 5.41) is 33.1. The number of allylic oxidation sites excluding steroid dienone is 2. The average Bonchev–Trinajstić information content (AvgIpc) is 2.97.